The van der Waals surface area contributed by atoms with Gasteiger partial charge in [-0.25, -0.2) is 29.4 Å². The third-order valence-electron chi connectivity index (χ3n) is 5.69. The molecule has 0 saturated carbocycles. The number of imidazole rings is 1. The molecule has 0 spiro atoms. The number of aromatic nitrogens is 9. The molecule has 1 fully saturated rings. The summed E-state index contributed by atoms with van der Waals surface area (Å²) in [7, 11) is 0. The van der Waals surface area contributed by atoms with Crippen molar-refractivity contribution in [2.45, 2.75) is 25.4 Å². The number of fused-ring (bicyclic) bond motifs is 2. The van der Waals surface area contributed by atoms with Gasteiger partial charge in [0.05, 0.1) is 23.9 Å². The Bertz CT molecular complexity index is 1490. The maximum atomic E-state index is 13.5. The van der Waals surface area contributed by atoms with Crippen LogP contribution in [0.15, 0.2) is 48.2 Å². The second-order valence-corrected chi connectivity index (χ2v) is 7.93. The standard InChI is InChI=1S/C20H17ClN10O/c21-12-4-8-31-16(12)20(32)30(9-14-22-5-2-6-23-14)18(28-31)13-3-1-7-29(13)19-15-17(25-10-24-15)26-11-27-19/h2,4-6,8,10-11,13H,1,3,7,9H2,(H,24,25,26,27)/t13-/m0/s1. The van der Waals surface area contributed by atoms with Crippen LogP contribution in [-0.2, 0) is 6.54 Å². The van der Waals surface area contributed by atoms with Crippen molar-refractivity contribution in [1.29, 1.82) is 0 Å². The van der Waals surface area contributed by atoms with E-state index in [1.54, 1.807) is 46.1 Å². The zero-order chi connectivity index (χ0) is 21.7. The van der Waals surface area contributed by atoms with Crippen molar-refractivity contribution >= 4 is 34.1 Å². The van der Waals surface area contributed by atoms with Crippen molar-refractivity contribution in [3.8, 4) is 0 Å². The minimum absolute atomic E-state index is 0.186. The molecule has 11 nitrogen and oxygen atoms in total. The van der Waals surface area contributed by atoms with Crippen molar-refractivity contribution in [1.82, 2.24) is 44.1 Å². The lowest BCUT2D eigenvalue weighted by Gasteiger charge is -2.27. The lowest BCUT2D eigenvalue weighted by molar-refractivity contribution is 0.546. The number of nitrogens with one attached hydrogen (secondary N) is 1. The molecule has 0 radical (unpaired) electrons. The fourth-order valence-electron chi connectivity index (χ4n) is 4.28. The van der Waals surface area contributed by atoms with Gasteiger partial charge in [-0.3, -0.25) is 9.36 Å². The Morgan fingerprint density at radius 3 is 2.91 bits per heavy atom. The van der Waals surface area contributed by atoms with Gasteiger partial charge in [0.25, 0.3) is 5.56 Å². The molecule has 0 aliphatic carbocycles. The maximum Gasteiger partial charge on any atom is 0.279 e. The van der Waals surface area contributed by atoms with E-state index < -0.39 is 0 Å². The summed E-state index contributed by atoms with van der Waals surface area (Å²) in [4.78, 5) is 40.4. The van der Waals surface area contributed by atoms with Crippen LogP contribution >= 0.6 is 11.6 Å². The number of nitrogens with zero attached hydrogens (tertiary/aromatic N) is 9. The summed E-state index contributed by atoms with van der Waals surface area (Å²) in [6.45, 7) is 0.942. The minimum atomic E-state index is -0.239. The molecule has 0 unspecified atom stereocenters. The highest BCUT2D eigenvalue weighted by Crippen LogP contribution is 2.36. The quantitative estimate of drug-likeness (QED) is 0.443. The summed E-state index contributed by atoms with van der Waals surface area (Å²) in [5.74, 6) is 1.83. The molecule has 0 bridgehead atoms. The van der Waals surface area contributed by atoms with Crippen molar-refractivity contribution in [3.63, 3.8) is 0 Å². The van der Waals surface area contributed by atoms with Gasteiger partial charge in [0, 0.05) is 25.1 Å². The molecular formula is C20H17ClN10O. The van der Waals surface area contributed by atoms with Crippen molar-refractivity contribution in [2.24, 2.45) is 0 Å². The summed E-state index contributed by atoms with van der Waals surface area (Å²) < 4.78 is 3.16. The summed E-state index contributed by atoms with van der Waals surface area (Å²) in [6.07, 6.45) is 9.84. The van der Waals surface area contributed by atoms with E-state index in [2.05, 4.69) is 34.8 Å². The van der Waals surface area contributed by atoms with Gasteiger partial charge in [-0.2, -0.15) is 5.10 Å². The Morgan fingerprint density at radius 1 is 1.16 bits per heavy atom. The van der Waals surface area contributed by atoms with Crippen molar-refractivity contribution in [3.05, 3.63) is 70.4 Å². The number of H-pyrrole nitrogens is 1. The molecule has 5 aromatic heterocycles. The van der Waals surface area contributed by atoms with Gasteiger partial charge in [0.15, 0.2) is 17.3 Å². The molecule has 0 amide bonds. The third-order valence-corrected chi connectivity index (χ3v) is 6.00. The lowest BCUT2D eigenvalue weighted by Crippen LogP contribution is -2.34. The van der Waals surface area contributed by atoms with E-state index in [-0.39, 0.29) is 18.1 Å². The molecule has 6 heterocycles. The highest BCUT2D eigenvalue weighted by molar-refractivity contribution is 6.33. The van der Waals surface area contributed by atoms with Crippen LogP contribution in [0.5, 0.6) is 0 Å². The maximum absolute atomic E-state index is 13.5. The molecule has 5 aromatic rings. The van der Waals surface area contributed by atoms with E-state index in [1.807, 2.05) is 0 Å². The normalized spacial score (nSPS) is 16.4. The number of anilines is 1. The Hall–Kier alpha value is -3.86. The molecule has 1 aliphatic heterocycles. The summed E-state index contributed by atoms with van der Waals surface area (Å²) in [6, 6.07) is 3.22. The van der Waals surface area contributed by atoms with Gasteiger partial charge < -0.3 is 9.88 Å². The fourth-order valence-corrected chi connectivity index (χ4v) is 4.51. The van der Waals surface area contributed by atoms with E-state index in [1.165, 1.54) is 6.33 Å². The van der Waals surface area contributed by atoms with Crippen molar-refractivity contribution in [2.75, 3.05) is 11.4 Å². The van der Waals surface area contributed by atoms with E-state index in [0.29, 0.717) is 39.2 Å². The van der Waals surface area contributed by atoms with Crippen LogP contribution in [0.3, 0.4) is 0 Å². The van der Waals surface area contributed by atoms with Gasteiger partial charge in [0.1, 0.15) is 23.2 Å². The summed E-state index contributed by atoms with van der Waals surface area (Å²) in [5.41, 5.74) is 1.44. The molecule has 6 rings (SSSR count). The predicted octanol–water partition coefficient (Wildman–Crippen LogP) is 2.00. The first-order valence-electron chi connectivity index (χ1n) is 10.1. The first-order valence-corrected chi connectivity index (χ1v) is 10.5. The second-order valence-electron chi connectivity index (χ2n) is 7.52. The fraction of sp³-hybridized carbons (Fsp3) is 0.250. The lowest BCUT2D eigenvalue weighted by atomic mass is 10.2. The first-order chi connectivity index (χ1) is 15.7. The topological polar surface area (TPSA) is 123 Å². The SMILES string of the molecule is O=c1c2c(Cl)ccn2nc([C@@H]2CCCN2c2ncnc3[nH]cnc23)n1Cc1ncccn1. The first kappa shape index (κ1) is 18.9. The molecule has 1 atom stereocenters. The van der Waals surface area contributed by atoms with Gasteiger partial charge in [-0.15, -0.1) is 0 Å². The van der Waals surface area contributed by atoms with Crippen LogP contribution < -0.4 is 10.5 Å². The Balaban J connectivity index is 1.54. The average Bonchev–Trinajstić information content (AvgIpc) is 3.56. The van der Waals surface area contributed by atoms with E-state index in [9.17, 15) is 4.79 Å². The van der Waals surface area contributed by atoms with Gasteiger partial charge >= 0.3 is 0 Å². The van der Waals surface area contributed by atoms with E-state index in [4.69, 9.17) is 16.7 Å². The molecule has 1 N–H and O–H groups in total. The Morgan fingerprint density at radius 2 is 2.03 bits per heavy atom. The van der Waals surface area contributed by atoms with Crippen molar-refractivity contribution < 1.29 is 0 Å². The number of rotatable bonds is 4. The Kier molecular flexibility index (Phi) is 4.35. The molecule has 0 aromatic carbocycles. The van der Waals surface area contributed by atoms with Crippen LogP contribution in [0.1, 0.15) is 30.5 Å². The molecule has 1 aliphatic rings. The molecule has 160 valence electrons. The zero-order valence-corrected chi connectivity index (χ0v) is 17.5. The summed E-state index contributed by atoms with van der Waals surface area (Å²) >= 11 is 6.30. The van der Waals surface area contributed by atoms with E-state index in [0.717, 1.165) is 19.4 Å². The van der Waals surface area contributed by atoms with Crippen LogP contribution in [0.25, 0.3) is 16.7 Å². The van der Waals surface area contributed by atoms with Crippen LogP contribution in [0, 0.1) is 0 Å². The zero-order valence-electron chi connectivity index (χ0n) is 16.8. The number of hydrogen-bond donors (Lipinski definition) is 1. The number of halogens is 1. The number of aromatic amines is 1. The second kappa shape index (κ2) is 7.38. The smallest absolute Gasteiger partial charge is 0.279 e. The largest absolute Gasteiger partial charge is 0.344 e. The monoisotopic (exact) mass is 448 g/mol. The summed E-state index contributed by atoms with van der Waals surface area (Å²) in [5, 5.41) is 5.16. The van der Waals surface area contributed by atoms with Gasteiger partial charge in [-0.05, 0) is 25.0 Å². The molecule has 12 heteroatoms. The predicted molar refractivity (Wildman–Crippen MR) is 117 cm³/mol. The molecule has 1 saturated heterocycles. The Labute approximate surface area is 185 Å². The molecule has 32 heavy (non-hydrogen) atoms. The number of hydrogen-bond acceptors (Lipinski definition) is 8. The average molecular weight is 449 g/mol. The van der Waals surface area contributed by atoms with Crippen LogP contribution in [0.4, 0.5) is 5.82 Å². The highest BCUT2D eigenvalue weighted by Gasteiger charge is 2.33. The van der Waals surface area contributed by atoms with E-state index >= 15 is 0 Å². The van der Waals surface area contributed by atoms with Gasteiger partial charge in [0.2, 0.25) is 0 Å². The van der Waals surface area contributed by atoms with Crippen LogP contribution in [0.2, 0.25) is 5.02 Å². The minimum Gasteiger partial charge on any atom is -0.344 e. The van der Waals surface area contributed by atoms with Crippen LogP contribution in [-0.4, -0.2) is 50.6 Å². The highest BCUT2D eigenvalue weighted by atomic mass is 35.5. The van der Waals surface area contributed by atoms with Gasteiger partial charge in [-0.1, -0.05) is 11.6 Å². The molecular weight excluding hydrogens is 432 g/mol. The third kappa shape index (κ3) is 2.93.